The van der Waals surface area contributed by atoms with Gasteiger partial charge >= 0.3 is 0 Å². The zero-order valence-electron chi connectivity index (χ0n) is 25.3. The maximum absolute atomic E-state index is 9.61. The molecule has 234 valence electrons. The van der Waals surface area contributed by atoms with Crippen molar-refractivity contribution in [1.82, 2.24) is 39.9 Å². The summed E-state index contributed by atoms with van der Waals surface area (Å²) in [6.45, 7) is -0.236. The Labute approximate surface area is 271 Å². The van der Waals surface area contributed by atoms with Crippen LogP contribution in [-0.4, -0.2) is 76.5 Å². The minimum Gasteiger partial charge on any atom is -0.490 e. The van der Waals surface area contributed by atoms with Crippen LogP contribution in [0.4, 0.5) is 0 Å². The molecule has 0 fully saturated rings. The van der Waals surface area contributed by atoms with Gasteiger partial charge in [0.05, 0.1) is 24.3 Å². The molecule has 48 heavy (non-hydrogen) atoms. The van der Waals surface area contributed by atoms with Gasteiger partial charge in [0.1, 0.15) is 47.3 Å². The molecule has 0 radical (unpaired) electrons. The quantitative estimate of drug-likeness (QED) is 0.180. The zero-order valence-corrected chi connectivity index (χ0v) is 25.3. The average Bonchev–Trinajstić information content (AvgIpc) is 3.86. The first kappa shape index (κ1) is 28.0. The van der Waals surface area contributed by atoms with Crippen molar-refractivity contribution in [3.63, 3.8) is 0 Å². The summed E-state index contributed by atoms with van der Waals surface area (Å²) in [4.78, 5) is 36.9. The Morgan fingerprint density at radius 1 is 0.438 bits per heavy atom. The third kappa shape index (κ3) is 4.46. The molecule has 9 rings (SSSR count). The van der Waals surface area contributed by atoms with Crippen LogP contribution < -0.4 is 9.47 Å². The lowest BCUT2D eigenvalue weighted by atomic mass is 10.1. The Bertz CT molecular complexity index is 2410. The van der Waals surface area contributed by atoms with E-state index in [9.17, 15) is 10.2 Å². The summed E-state index contributed by atoms with van der Waals surface area (Å²) in [7, 11) is 0. The Morgan fingerprint density at radius 3 is 1.19 bits per heavy atom. The molecule has 0 amide bonds. The van der Waals surface area contributed by atoms with Crippen molar-refractivity contribution in [2.45, 2.75) is 0 Å². The van der Waals surface area contributed by atoms with Crippen molar-refractivity contribution in [2.24, 2.45) is 0 Å². The van der Waals surface area contributed by atoms with Gasteiger partial charge in [-0.05, 0) is 12.1 Å². The number of hydrogen-bond acceptors (Lipinski definition) is 10. The van der Waals surface area contributed by atoms with E-state index in [4.69, 9.17) is 39.4 Å². The molecule has 0 saturated carbocycles. The Kier molecular flexibility index (Phi) is 6.55. The maximum Gasteiger partial charge on any atom is 0.168 e. The fraction of sp³-hybridized carbons (Fsp3) is 0.111. The number of hydrogen-bond donors (Lipinski definition) is 4. The molecule has 4 N–H and O–H groups in total. The highest BCUT2D eigenvalue weighted by Crippen LogP contribution is 2.46. The molecule has 0 atom stereocenters. The van der Waals surface area contributed by atoms with E-state index in [0.717, 1.165) is 32.7 Å². The number of aliphatic hydroxyl groups is 2. The van der Waals surface area contributed by atoms with Crippen molar-refractivity contribution >= 4 is 44.1 Å². The van der Waals surface area contributed by atoms with E-state index in [1.54, 1.807) is 12.1 Å². The zero-order chi connectivity index (χ0) is 32.2. The summed E-state index contributed by atoms with van der Waals surface area (Å²) in [5.41, 5.74) is 5.07. The van der Waals surface area contributed by atoms with Crippen LogP contribution in [0, 0.1) is 0 Å². The number of nitrogens with one attached hydrogen (secondary N) is 2. The maximum atomic E-state index is 9.61. The molecule has 7 aromatic rings. The molecular weight excluding hydrogens is 608 g/mol. The predicted molar refractivity (Wildman–Crippen MR) is 181 cm³/mol. The number of rotatable bonds is 6. The minimum absolute atomic E-state index is 0.0616. The lowest BCUT2D eigenvalue weighted by molar-refractivity contribution is 0.199. The van der Waals surface area contributed by atoms with Crippen molar-refractivity contribution in [3.8, 4) is 57.1 Å². The van der Waals surface area contributed by atoms with Crippen LogP contribution in [0.1, 0.15) is 0 Å². The lowest BCUT2D eigenvalue weighted by Crippen LogP contribution is -2.05. The Hall–Kier alpha value is -6.24. The fourth-order valence-corrected chi connectivity index (χ4v) is 6.26. The van der Waals surface area contributed by atoms with Gasteiger partial charge in [0, 0.05) is 32.7 Å². The fourth-order valence-electron chi connectivity index (χ4n) is 6.26. The van der Waals surface area contributed by atoms with E-state index < -0.39 is 0 Å². The normalized spacial score (nSPS) is 11.9. The number of aliphatic hydroxyl groups excluding tert-OH is 2. The number of ether oxygens (including phenoxy) is 2. The molecule has 0 saturated heterocycles. The Morgan fingerprint density at radius 2 is 0.792 bits per heavy atom. The highest BCUT2D eigenvalue weighted by molar-refractivity contribution is 6.06. The first-order valence-corrected chi connectivity index (χ1v) is 15.4. The number of nitrogens with zero attached hydrogens (tertiary/aromatic N) is 6. The first-order valence-electron chi connectivity index (χ1n) is 15.4. The SMILES string of the molecule is OCCOc1ccc(OCCO)c2c1-c1nc-2nc2[nH]c(nc3nc(nc4[nH]c(n1)c1ccccc41)-c1ccccc1-3)c1ccccc21. The van der Waals surface area contributed by atoms with Gasteiger partial charge < -0.3 is 29.7 Å². The summed E-state index contributed by atoms with van der Waals surface area (Å²) in [6, 6.07) is 27.1. The van der Waals surface area contributed by atoms with Crippen molar-refractivity contribution in [2.75, 3.05) is 26.4 Å². The predicted octanol–water partition coefficient (Wildman–Crippen LogP) is 5.61. The smallest absolute Gasteiger partial charge is 0.168 e. The molecular formula is C36H26N8O4. The molecule has 0 aliphatic carbocycles. The third-order valence-corrected chi connectivity index (χ3v) is 8.33. The van der Waals surface area contributed by atoms with Crippen LogP contribution in [0.25, 0.3) is 89.7 Å². The molecule has 12 nitrogen and oxygen atoms in total. The topological polar surface area (TPSA) is 168 Å². The average molecular weight is 635 g/mol. The number of aromatic amines is 2. The molecule has 5 heterocycles. The number of aromatic nitrogens is 8. The molecule has 4 aromatic carbocycles. The molecule has 0 spiro atoms. The van der Waals surface area contributed by atoms with Crippen LogP contribution in [-0.2, 0) is 0 Å². The van der Waals surface area contributed by atoms with Gasteiger partial charge in [0.15, 0.2) is 23.3 Å². The minimum atomic E-state index is -0.180. The second-order valence-electron chi connectivity index (χ2n) is 11.2. The van der Waals surface area contributed by atoms with Gasteiger partial charge in [-0.3, -0.25) is 0 Å². The van der Waals surface area contributed by atoms with Crippen LogP contribution in [0.3, 0.4) is 0 Å². The van der Waals surface area contributed by atoms with E-state index in [1.165, 1.54) is 0 Å². The third-order valence-electron chi connectivity index (χ3n) is 8.33. The van der Waals surface area contributed by atoms with Gasteiger partial charge in [-0.1, -0.05) is 72.8 Å². The second kappa shape index (κ2) is 11.2. The molecule has 8 bridgehead atoms. The standard InChI is InChI=1S/C36H26N8O4/c45-15-17-47-25-13-14-26(48-18-16-46)28-27(25)35-42-33-23-11-5-3-9-21(23)31(40-33)38-29-19-7-1-2-8-20(19)30(37-29)39-32-22-10-4-6-12-24(22)34(41-32)43-36(28)44-35/h1-14,45-46H,15-18H2,(H2,37,38,39,40,41,42,43,44). The summed E-state index contributed by atoms with van der Waals surface area (Å²) >= 11 is 0. The van der Waals surface area contributed by atoms with E-state index in [2.05, 4.69) is 9.97 Å². The van der Waals surface area contributed by atoms with Gasteiger partial charge in [-0.25, -0.2) is 29.9 Å². The highest BCUT2D eigenvalue weighted by Gasteiger charge is 2.29. The number of fused-ring (bicyclic) bond motifs is 20. The van der Waals surface area contributed by atoms with Crippen LogP contribution in [0.2, 0.25) is 0 Å². The molecule has 2 aliphatic rings. The summed E-state index contributed by atoms with van der Waals surface area (Å²) in [5.74, 6) is 2.62. The van der Waals surface area contributed by atoms with Gasteiger partial charge in [-0.15, -0.1) is 0 Å². The molecule has 2 aliphatic heterocycles. The summed E-state index contributed by atoms with van der Waals surface area (Å²) in [6.07, 6.45) is 0. The Balaban J connectivity index is 1.47. The van der Waals surface area contributed by atoms with Gasteiger partial charge in [-0.2, -0.15) is 0 Å². The van der Waals surface area contributed by atoms with E-state index in [1.807, 2.05) is 72.8 Å². The molecule has 0 unspecified atom stereocenters. The van der Waals surface area contributed by atoms with E-state index >= 15 is 0 Å². The largest absolute Gasteiger partial charge is 0.490 e. The van der Waals surface area contributed by atoms with Crippen molar-refractivity contribution in [3.05, 3.63) is 84.9 Å². The number of benzene rings is 4. The molecule has 12 heteroatoms. The highest BCUT2D eigenvalue weighted by atomic mass is 16.5. The first-order chi connectivity index (χ1) is 23.7. The van der Waals surface area contributed by atoms with Gasteiger partial charge in [0.25, 0.3) is 0 Å². The van der Waals surface area contributed by atoms with Gasteiger partial charge in [0.2, 0.25) is 0 Å². The van der Waals surface area contributed by atoms with E-state index in [-0.39, 0.29) is 26.4 Å². The second-order valence-corrected chi connectivity index (χ2v) is 11.2. The summed E-state index contributed by atoms with van der Waals surface area (Å²) < 4.78 is 12.0. The van der Waals surface area contributed by atoms with Crippen molar-refractivity contribution < 1.29 is 19.7 Å². The lowest BCUT2D eigenvalue weighted by Gasteiger charge is -2.13. The number of H-pyrrole nitrogens is 2. The van der Waals surface area contributed by atoms with Crippen LogP contribution >= 0.6 is 0 Å². The monoisotopic (exact) mass is 634 g/mol. The van der Waals surface area contributed by atoms with Crippen LogP contribution in [0.5, 0.6) is 11.5 Å². The van der Waals surface area contributed by atoms with Crippen molar-refractivity contribution in [1.29, 1.82) is 0 Å². The molecule has 3 aromatic heterocycles. The van der Waals surface area contributed by atoms with E-state index in [0.29, 0.717) is 68.5 Å². The summed E-state index contributed by atoms with van der Waals surface area (Å²) in [5, 5.41) is 22.6. The van der Waals surface area contributed by atoms with Crippen LogP contribution in [0.15, 0.2) is 84.9 Å².